The molecule has 1 atom stereocenters. The van der Waals surface area contributed by atoms with Crippen LogP contribution < -0.4 is 0 Å². The molecule has 2 aromatic carbocycles. The van der Waals surface area contributed by atoms with Gasteiger partial charge in [-0.1, -0.05) is 35.5 Å². The van der Waals surface area contributed by atoms with Crippen LogP contribution in [0.2, 0.25) is 0 Å². The average Bonchev–Trinajstić information content (AvgIpc) is 2.91. The first kappa shape index (κ1) is 13.1. The predicted molar refractivity (Wildman–Crippen MR) is 78.8 cm³/mol. The second-order valence-corrected chi connectivity index (χ2v) is 6.89. The van der Waals surface area contributed by atoms with E-state index in [1.807, 2.05) is 30.3 Å². The van der Waals surface area contributed by atoms with E-state index in [1.54, 1.807) is 24.3 Å². The standard InChI is InChI=1S/C14H11ClN2O2S/c15-17-20(18,11-6-2-1-3-7-11)10-13-12-8-4-5-9-14(12)19-16-13/h1-9H,10H2. The highest BCUT2D eigenvalue weighted by Crippen LogP contribution is 2.24. The third-order valence-electron chi connectivity index (χ3n) is 3.01. The second kappa shape index (κ2) is 5.26. The molecule has 0 N–H and O–H groups in total. The zero-order chi connectivity index (χ0) is 14.0. The van der Waals surface area contributed by atoms with Crippen LogP contribution in [0.4, 0.5) is 0 Å². The molecule has 1 heterocycles. The summed E-state index contributed by atoms with van der Waals surface area (Å²) in [6.07, 6.45) is 0. The summed E-state index contributed by atoms with van der Waals surface area (Å²) in [5.41, 5.74) is 1.26. The van der Waals surface area contributed by atoms with Crippen LogP contribution in [0.3, 0.4) is 0 Å². The highest BCUT2D eigenvalue weighted by molar-refractivity contribution is 7.93. The molecule has 1 unspecified atom stereocenters. The summed E-state index contributed by atoms with van der Waals surface area (Å²) < 4.78 is 21.7. The van der Waals surface area contributed by atoms with Crippen LogP contribution in [0, 0.1) is 0 Å². The van der Waals surface area contributed by atoms with Gasteiger partial charge in [-0.25, -0.2) is 4.21 Å². The Balaban J connectivity index is 2.07. The van der Waals surface area contributed by atoms with Crippen LogP contribution >= 0.6 is 11.8 Å². The molecule has 20 heavy (non-hydrogen) atoms. The van der Waals surface area contributed by atoms with Gasteiger partial charge in [0.15, 0.2) is 5.58 Å². The number of rotatable bonds is 3. The fourth-order valence-electron chi connectivity index (χ4n) is 2.01. The maximum atomic E-state index is 12.9. The van der Waals surface area contributed by atoms with Crippen LogP contribution in [0.5, 0.6) is 0 Å². The van der Waals surface area contributed by atoms with E-state index in [0.29, 0.717) is 16.2 Å². The summed E-state index contributed by atoms with van der Waals surface area (Å²) in [6.45, 7) is 0. The zero-order valence-corrected chi connectivity index (χ0v) is 12.0. The molecule has 3 rings (SSSR count). The summed E-state index contributed by atoms with van der Waals surface area (Å²) in [5.74, 6) is 0.123. The number of hydrogen-bond acceptors (Lipinski definition) is 4. The van der Waals surface area contributed by atoms with Crippen LogP contribution in [-0.2, 0) is 15.5 Å². The fraction of sp³-hybridized carbons (Fsp3) is 0.0714. The van der Waals surface area contributed by atoms with Crippen molar-refractivity contribution in [2.24, 2.45) is 3.88 Å². The number of hydrogen-bond donors (Lipinski definition) is 0. The summed E-state index contributed by atoms with van der Waals surface area (Å²) in [7, 11) is -2.75. The molecule has 0 aliphatic carbocycles. The topological polar surface area (TPSA) is 55.5 Å². The van der Waals surface area contributed by atoms with Crippen molar-refractivity contribution < 1.29 is 8.73 Å². The van der Waals surface area contributed by atoms with Gasteiger partial charge in [0.1, 0.15) is 5.69 Å². The molecule has 0 spiro atoms. The first-order chi connectivity index (χ1) is 9.73. The van der Waals surface area contributed by atoms with Crippen LogP contribution in [0.1, 0.15) is 5.69 Å². The molecule has 0 bridgehead atoms. The Morgan fingerprint density at radius 3 is 2.55 bits per heavy atom. The van der Waals surface area contributed by atoms with Crippen molar-refractivity contribution in [3.8, 4) is 0 Å². The van der Waals surface area contributed by atoms with E-state index < -0.39 is 9.73 Å². The Bertz CT molecular complexity index is 852. The molecule has 3 aromatic rings. The Morgan fingerprint density at radius 1 is 1.10 bits per heavy atom. The average molecular weight is 307 g/mol. The third kappa shape index (κ3) is 2.30. The minimum atomic E-state index is -2.75. The number of aromatic nitrogens is 1. The molecule has 0 saturated carbocycles. The van der Waals surface area contributed by atoms with Crippen LogP contribution in [0.25, 0.3) is 11.0 Å². The zero-order valence-electron chi connectivity index (χ0n) is 10.4. The van der Waals surface area contributed by atoms with E-state index in [1.165, 1.54) is 0 Å². The fourth-order valence-corrected chi connectivity index (χ4v) is 3.85. The number of nitrogens with zero attached hydrogens (tertiary/aromatic N) is 2. The minimum Gasteiger partial charge on any atom is -0.356 e. The van der Waals surface area contributed by atoms with Gasteiger partial charge in [0.2, 0.25) is 0 Å². The Hall–Kier alpha value is -1.85. The van der Waals surface area contributed by atoms with Gasteiger partial charge >= 0.3 is 0 Å². The van der Waals surface area contributed by atoms with Crippen molar-refractivity contribution in [2.75, 3.05) is 0 Å². The van der Waals surface area contributed by atoms with Gasteiger partial charge in [-0.2, -0.15) is 0 Å². The summed E-state index contributed by atoms with van der Waals surface area (Å²) >= 11 is 5.60. The first-order valence-electron chi connectivity index (χ1n) is 5.96. The van der Waals surface area contributed by atoms with Crippen molar-refractivity contribution in [3.05, 3.63) is 60.3 Å². The summed E-state index contributed by atoms with van der Waals surface area (Å²) in [6, 6.07) is 16.4. The molecule has 4 nitrogen and oxygen atoms in total. The van der Waals surface area contributed by atoms with Gasteiger partial charge in [-0.15, -0.1) is 3.88 Å². The van der Waals surface area contributed by atoms with E-state index in [4.69, 9.17) is 16.3 Å². The molecule has 1 aromatic heterocycles. The molecule has 0 amide bonds. The molecule has 0 aliphatic heterocycles. The quantitative estimate of drug-likeness (QED) is 0.734. The molecular formula is C14H11ClN2O2S. The minimum absolute atomic E-state index is 0.123. The number of para-hydroxylation sites is 1. The van der Waals surface area contributed by atoms with E-state index in [0.717, 1.165) is 5.39 Å². The number of fused-ring (bicyclic) bond motifs is 1. The molecule has 0 radical (unpaired) electrons. The lowest BCUT2D eigenvalue weighted by Gasteiger charge is -2.06. The lowest BCUT2D eigenvalue weighted by molar-refractivity contribution is 0.449. The van der Waals surface area contributed by atoms with Gasteiger partial charge in [0.05, 0.1) is 15.5 Å². The highest BCUT2D eigenvalue weighted by atomic mass is 35.5. The highest BCUT2D eigenvalue weighted by Gasteiger charge is 2.18. The van der Waals surface area contributed by atoms with Gasteiger partial charge in [-0.3, -0.25) is 0 Å². The number of halogens is 1. The third-order valence-corrected chi connectivity index (χ3v) is 5.57. The molecule has 0 aliphatic rings. The number of benzene rings is 2. The van der Waals surface area contributed by atoms with Crippen molar-refractivity contribution in [2.45, 2.75) is 10.6 Å². The lowest BCUT2D eigenvalue weighted by Crippen LogP contribution is -2.04. The maximum Gasteiger partial charge on any atom is 0.167 e. The molecule has 6 heteroatoms. The van der Waals surface area contributed by atoms with E-state index in [-0.39, 0.29) is 5.75 Å². The monoisotopic (exact) mass is 306 g/mol. The second-order valence-electron chi connectivity index (χ2n) is 4.29. The van der Waals surface area contributed by atoms with Crippen molar-refractivity contribution in [3.63, 3.8) is 0 Å². The van der Waals surface area contributed by atoms with Crippen molar-refractivity contribution in [1.29, 1.82) is 0 Å². The first-order valence-corrected chi connectivity index (χ1v) is 7.99. The van der Waals surface area contributed by atoms with E-state index in [9.17, 15) is 4.21 Å². The Labute approximate surface area is 121 Å². The summed E-state index contributed by atoms with van der Waals surface area (Å²) in [5, 5.41) is 4.81. The van der Waals surface area contributed by atoms with Crippen molar-refractivity contribution >= 4 is 32.5 Å². The van der Waals surface area contributed by atoms with E-state index >= 15 is 0 Å². The smallest absolute Gasteiger partial charge is 0.167 e. The van der Waals surface area contributed by atoms with E-state index in [2.05, 4.69) is 9.04 Å². The molecule has 0 fully saturated rings. The lowest BCUT2D eigenvalue weighted by atomic mass is 10.2. The van der Waals surface area contributed by atoms with Crippen LogP contribution in [0.15, 0.2) is 67.9 Å². The maximum absolute atomic E-state index is 12.9. The normalized spacial score (nSPS) is 14.1. The SMILES string of the molecule is O=S(Cc1noc2ccccc12)(=NCl)c1ccccc1. The predicted octanol–water partition coefficient (Wildman–Crippen LogP) is 4.01. The van der Waals surface area contributed by atoms with Gasteiger partial charge < -0.3 is 4.52 Å². The molecule has 102 valence electrons. The van der Waals surface area contributed by atoms with Gasteiger partial charge in [0, 0.05) is 22.1 Å². The Kier molecular flexibility index (Phi) is 3.46. The molecular weight excluding hydrogens is 296 g/mol. The molecule has 0 saturated heterocycles. The largest absolute Gasteiger partial charge is 0.356 e. The Morgan fingerprint density at radius 2 is 1.80 bits per heavy atom. The van der Waals surface area contributed by atoms with Gasteiger partial charge in [-0.05, 0) is 24.3 Å². The summed E-state index contributed by atoms with van der Waals surface area (Å²) in [4.78, 5) is 0.585. The van der Waals surface area contributed by atoms with Crippen molar-refractivity contribution in [1.82, 2.24) is 5.16 Å². The van der Waals surface area contributed by atoms with Gasteiger partial charge in [0.25, 0.3) is 0 Å². The van der Waals surface area contributed by atoms with Crippen LogP contribution in [-0.4, -0.2) is 9.37 Å².